The van der Waals surface area contributed by atoms with Crippen LogP contribution < -0.4 is 14.8 Å². The van der Waals surface area contributed by atoms with Crippen molar-refractivity contribution in [2.45, 2.75) is 17.9 Å². The van der Waals surface area contributed by atoms with Crippen LogP contribution in [-0.2, 0) is 9.53 Å². The van der Waals surface area contributed by atoms with Gasteiger partial charge in [-0.3, -0.25) is 4.90 Å². The van der Waals surface area contributed by atoms with Crippen LogP contribution in [0, 0.1) is 0 Å². The summed E-state index contributed by atoms with van der Waals surface area (Å²) in [5.41, 5.74) is 1.54. The molecule has 0 spiro atoms. The molecule has 0 bridgehead atoms. The number of hydrogen-bond acceptors (Lipinski definition) is 6. The van der Waals surface area contributed by atoms with Gasteiger partial charge in [-0.25, -0.2) is 9.59 Å². The lowest BCUT2D eigenvalue weighted by Crippen LogP contribution is -2.48. The molecule has 0 aliphatic carbocycles. The molecule has 0 saturated heterocycles. The molecule has 2 amide bonds. The van der Waals surface area contributed by atoms with Crippen molar-refractivity contribution in [2.24, 2.45) is 0 Å². The van der Waals surface area contributed by atoms with E-state index in [0.717, 1.165) is 10.5 Å². The Bertz CT molecular complexity index is 957. The first-order chi connectivity index (χ1) is 15.0. The van der Waals surface area contributed by atoms with Crippen molar-refractivity contribution in [2.75, 3.05) is 33.6 Å². The minimum absolute atomic E-state index is 0.0450. The minimum atomic E-state index is -0.661. The molecule has 1 aliphatic heterocycles. The molecule has 2 aromatic rings. The molecule has 2 aromatic carbocycles. The lowest BCUT2D eigenvalue weighted by molar-refractivity contribution is -0.139. The lowest BCUT2D eigenvalue weighted by atomic mass is 9.94. The third-order valence-corrected chi connectivity index (χ3v) is 5.70. The van der Waals surface area contributed by atoms with Crippen molar-refractivity contribution in [3.8, 4) is 11.5 Å². The quantitative estimate of drug-likeness (QED) is 0.492. The van der Waals surface area contributed by atoms with E-state index in [4.69, 9.17) is 14.2 Å². The number of carbonyl (C=O) groups excluding carboxylic acids is 2. The van der Waals surface area contributed by atoms with Crippen LogP contribution in [0.3, 0.4) is 0 Å². The van der Waals surface area contributed by atoms with E-state index in [1.165, 1.54) is 4.90 Å². The molecule has 1 N–H and O–H groups in total. The first kappa shape index (κ1) is 22.6. The van der Waals surface area contributed by atoms with Crippen LogP contribution in [0.2, 0.25) is 0 Å². The second-order valence-corrected chi connectivity index (χ2v) is 7.64. The summed E-state index contributed by atoms with van der Waals surface area (Å²) in [4.78, 5) is 28.1. The molecule has 7 nitrogen and oxygen atoms in total. The van der Waals surface area contributed by atoms with Crippen molar-refractivity contribution in [3.05, 3.63) is 65.4 Å². The third-order valence-electron chi connectivity index (χ3n) is 4.96. The van der Waals surface area contributed by atoms with Crippen LogP contribution in [0.5, 0.6) is 11.5 Å². The smallest absolute Gasteiger partial charge is 0.338 e. The van der Waals surface area contributed by atoms with Gasteiger partial charge >= 0.3 is 12.0 Å². The maximum atomic E-state index is 12.9. The second kappa shape index (κ2) is 10.3. The zero-order chi connectivity index (χ0) is 22.4. The second-order valence-electron chi connectivity index (χ2n) is 6.76. The fourth-order valence-corrected chi connectivity index (χ4v) is 3.66. The van der Waals surface area contributed by atoms with Crippen LogP contribution in [0.4, 0.5) is 4.79 Å². The van der Waals surface area contributed by atoms with Gasteiger partial charge in [0.2, 0.25) is 0 Å². The Morgan fingerprint density at radius 3 is 2.32 bits per heavy atom. The molecular weight excluding hydrogens is 416 g/mol. The monoisotopic (exact) mass is 442 g/mol. The van der Waals surface area contributed by atoms with Crippen molar-refractivity contribution in [1.82, 2.24) is 10.2 Å². The van der Waals surface area contributed by atoms with Gasteiger partial charge in [-0.2, -0.15) is 0 Å². The molecule has 0 unspecified atom stereocenters. The Labute approximate surface area is 186 Å². The number of urea groups is 1. The summed E-state index contributed by atoms with van der Waals surface area (Å²) in [6, 6.07) is 13.8. The zero-order valence-corrected chi connectivity index (χ0v) is 18.8. The molecule has 164 valence electrons. The van der Waals surface area contributed by atoms with Gasteiger partial charge in [0.1, 0.15) is 18.1 Å². The van der Waals surface area contributed by atoms with E-state index in [0.29, 0.717) is 22.8 Å². The SMILES string of the molecule is CCOC(=O)C1=C(COc2ccc(SC)cc2)N(C)C(=O)N[C@H]1c1ccc(OC)cc1. The van der Waals surface area contributed by atoms with Gasteiger partial charge in [0.05, 0.1) is 31.0 Å². The summed E-state index contributed by atoms with van der Waals surface area (Å²) in [5, 5.41) is 2.88. The van der Waals surface area contributed by atoms with E-state index in [1.54, 1.807) is 45.0 Å². The number of esters is 1. The molecule has 0 saturated carbocycles. The summed E-state index contributed by atoms with van der Waals surface area (Å²) in [7, 11) is 3.19. The fourth-order valence-electron chi connectivity index (χ4n) is 3.25. The van der Waals surface area contributed by atoms with Crippen LogP contribution in [0.25, 0.3) is 0 Å². The Kier molecular flexibility index (Phi) is 7.46. The summed E-state index contributed by atoms with van der Waals surface area (Å²) in [5.74, 6) is 0.835. The normalized spacial score (nSPS) is 16.1. The van der Waals surface area contributed by atoms with Gasteiger partial charge in [0.15, 0.2) is 0 Å². The van der Waals surface area contributed by atoms with E-state index in [9.17, 15) is 9.59 Å². The van der Waals surface area contributed by atoms with Crippen molar-refractivity contribution in [1.29, 1.82) is 0 Å². The number of rotatable bonds is 8. The molecule has 8 heteroatoms. The highest BCUT2D eigenvalue weighted by Gasteiger charge is 2.37. The molecule has 0 fully saturated rings. The highest BCUT2D eigenvalue weighted by atomic mass is 32.2. The first-order valence-corrected chi connectivity index (χ1v) is 11.1. The fraction of sp³-hybridized carbons (Fsp3) is 0.304. The zero-order valence-electron chi connectivity index (χ0n) is 18.0. The van der Waals surface area contributed by atoms with E-state index in [-0.39, 0.29) is 19.2 Å². The highest BCUT2D eigenvalue weighted by Crippen LogP contribution is 2.32. The topological polar surface area (TPSA) is 77.1 Å². The first-order valence-electron chi connectivity index (χ1n) is 9.83. The van der Waals surface area contributed by atoms with Gasteiger partial charge in [-0.1, -0.05) is 12.1 Å². The minimum Gasteiger partial charge on any atom is -0.497 e. The van der Waals surface area contributed by atoms with Crippen LogP contribution in [-0.4, -0.2) is 50.5 Å². The van der Waals surface area contributed by atoms with E-state index in [1.807, 2.05) is 42.7 Å². The summed E-state index contributed by atoms with van der Waals surface area (Å²) < 4.78 is 16.5. The van der Waals surface area contributed by atoms with Crippen molar-refractivity contribution in [3.63, 3.8) is 0 Å². The molecular formula is C23H26N2O5S. The largest absolute Gasteiger partial charge is 0.497 e. The van der Waals surface area contributed by atoms with Crippen molar-refractivity contribution >= 4 is 23.8 Å². The maximum absolute atomic E-state index is 12.9. The number of likely N-dealkylation sites (N-methyl/N-ethyl adjacent to an activating group) is 1. The molecule has 1 aliphatic rings. The molecule has 31 heavy (non-hydrogen) atoms. The van der Waals surface area contributed by atoms with E-state index in [2.05, 4.69) is 5.32 Å². The van der Waals surface area contributed by atoms with Crippen LogP contribution in [0.1, 0.15) is 18.5 Å². The predicted molar refractivity (Wildman–Crippen MR) is 119 cm³/mol. The number of nitrogens with zero attached hydrogens (tertiary/aromatic N) is 1. The molecule has 1 heterocycles. The average Bonchev–Trinajstić information content (AvgIpc) is 2.80. The number of hydrogen-bond donors (Lipinski definition) is 1. The Morgan fingerprint density at radius 2 is 1.74 bits per heavy atom. The summed E-state index contributed by atoms with van der Waals surface area (Å²) in [6.45, 7) is 2.01. The van der Waals surface area contributed by atoms with Gasteiger partial charge < -0.3 is 19.5 Å². The Balaban J connectivity index is 1.98. The summed E-state index contributed by atoms with van der Waals surface area (Å²) >= 11 is 1.64. The van der Waals surface area contributed by atoms with E-state index >= 15 is 0 Å². The van der Waals surface area contributed by atoms with Crippen LogP contribution in [0.15, 0.2) is 64.7 Å². The van der Waals surface area contributed by atoms with Crippen molar-refractivity contribution < 1.29 is 23.8 Å². The number of ether oxygens (including phenoxy) is 3. The highest BCUT2D eigenvalue weighted by molar-refractivity contribution is 7.98. The predicted octanol–water partition coefficient (Wildman–Crippen LogP) is 4.01. The van der Waals surface area contributed by atoms with Gasteiger partial charge in [-0.15, -0.1) is 11.8 Å². The third kappa shape index (κ3) is 5.14. The number of amides is 2. The van der Waals surface area contributed by atoms with Gasteiger partial charge in [0.25, 0.3) is 0 Å². The number of benzene rings is 2. The standard InChI is InChI=1S/C23H26N2O5S/c1-5-29-22(26)20-19(14-30-17-10-12-18(31-4)13-11-17)25(2)23(27)24-21(20)15-6-8-16(28-3)9-7-15/h6-13,21H,5,14H2,1-4H3,(H,24,27)/t21-/m0/s1. The number of methoxy groups -OCH3 is 1. The average molecular weight is 443 g/mol. The van der Waals surface area contributed by atoms with E-state index < -0.39 is 12.0 Å². The summed E-state index contributed by atoms with van der Waals surface area (Å²) in [6.07, 6.45) is 2.00. The van der Waals surface area contributed by atoms with Gasteiger partial charge in [-0.05, 0) is 55.1 Å². The number of nitrogens with one attached hydrogen (secondary N) is 1. The molecule has 0 aromatic heterocycles. The van der Waals surface area contributed by atoms with Gasteiger partial charge in [0, 0.05) is 11.9 Å². The number of carbonyl (C=O) groups is 2. The Hall–Kier alpha value is -3.13. The molecule has 1 atom stereocenters. The molecule has 3 rings (SSSR count). The Morgan fingerprint density at radius 1 is 1.10 bits per heavy atom. The lowest BCUT2D eigenvalue weighted by Gasteiger charge is -2.34. The number of thioether (sulfide) groups is 1. The maximum Gasteiger partial charge on any atom is 0.338 e. The molecule has 0 radical (unpaired) electrons. The van der Waals surface area contributed by atoms with Crippen LogP contribution >= 0.6 is 11.8 Å².